The summed E-state index contributed by atoms with van der Waals surface area (Å²) in [6, 6.07) is 13.7. The minimum atomic E-state index is -0.496. The predicted molar refractivity (Wildman–Crippen MR) is 115 cm³/mol. The minimum Gasteiger partial charge on any atom is -0.373 e. The smallest absolute Gasteiger partial charge is 0.293 e. The monoisotopic (exact) mass is 416 g/mol. The minimum absolute atomic E-state index is 0.177. The largest absolute Gasteiger partial charge is 0.373 e. The third-order valence-electron chi connectivity index (χ3n) is 5.01. The first-order valence-corrected chi connectivity index (χ1v) is 9.61. The molecule has 9 nitrogen and oxygen atoms in total. The topological polar surface area (TPSA) is 108 Å². The molecule has 4 rings (SSSR count). The molecule has 0 spiro atoms. The number of nitrogens with one attached hydrogen (secondary N) is 1. The second kappa shape index (κ2) is 8.23. The number of nitro groups is 1. The fraction of sp³-hybridized carbons (Fsp3) is 0.136. The first-order valence-electron chi connectivity index (χ1n) is 9.61. The summed E-state index contributed by atoms with van der Waals surface area (Å²) in [6.07, 6.45) is 6.69. The van der Waals surface area contributed by atoms with E-state index < -0.39 is 4.92 Å². The van der Waals surface area contributed by atoms with Crippen molar-refractivity contribution in [2.45, 2.75) is 13.0 Å². The summed E-state index contributed by atoms with van der Waals surface area (Å²) < 4.78 is 3.32. The molecule has 1 N–H and O–H groups in total. The molecule has 2 aromatic heterocycles. The number of nitrogens with zero attached hydrogens (tertiary/aromatic N) is 5. The Balaban J connectivity index is 1.66. The van der Waals surface area contributed by atoms with Gasteiger partial charge in [-0.05, 0) is 36.8 Å². The van der Waals surface area contributed by atoms with Crippen LogP contribution in [0.3, 0.4) is 0 Å². The molecule has 2 aromatic carbocycles. The van der Waals surface area contributed by atoms with E-state index in [1.54, 1.807) is 40.8 Å². The number of aryl methyl sites for hydroxylation is 1. The van der Waals surface area contributed by atoms with Crippen LogP contribution in [-0.4, -0.2) is 30.0 Å². The molecule has 0 radical (unpaired) electrons. The normalized spacial score (nSPS) is 11.8. The van der Waals surface area contributed by atoms with Gasteiger partial charge >= 0.3 is 0 Å². The van der Waals surface area contributed by atoms with Crippen LogP contribution < -0.4 is 5.32 Å². The van der Waals surface area contributed by atoms with E-state index in [2.05, 4.69) is 15.4 Å². The molecule has 4 aromatic rings. The van der Waals surface area contributed by atoms with Crippen LogP contribution in [0.15, 0.2) is 73.3 Å². The number of imidazole rings is 1. The Morgan fingerprint density at radius 2 is 1.94 bits per heavy atom. The summed E-state index contributed by atoms with van der Waals surface area (Å²) in [7, 11) is 1.70. The molecule has 0 saturated heterocycles. The lowest BCUT2D eigenvalue weighted by atomic mass is 10.0. The Morgan fingerprint density at radius 3 is 2.61 bits per heavy atom. The molecule has 0 fully saturated rings. The molecule has 2 heterocycles. The first-order chi connectivity index (χ1) is 15.0. The van der Waals surface area contributed by atoms with Gasteiger partial charge in [0, 0.05) is 43.5 Å². The SMILES string of the molecule is CC(Nc1ccc(C(=O)c2nccn2C)cc1[N+](=O)[O-])c1ccccc1-n1cccn1. The molecule has 0 bridgehead atoms. The highest BCUT2D eigenvalue weighted by atomic mass is 16.6. The third-order valence-corrected chi connectivity index (χ3v) is 5.01. The Kier molecular flexibility index (Phi) is 5.31. The van der Waals surface area contributed by atoms with Crippen molar-refractivity contribution in [3.05, 3.63) is 100 Å². The quantitative estimate of drug-likeness (QED) is 0.278. The van der Waals surface area contributed by atoms with Gasteiger partial charge in [-0.1, -0.05) is 18.2 Å². The van der Waals surface area contributed by atoms with Crippen molar-refractivity contribution in [2.24, 2.45) is 7.05 Å². The summed E-state index contributed by atoms with van der Waals surface area (Å²) in [6.45, 7) is 1.92. The van der Waals surface area contributed by atoms with E-state index in [-0.39, 0.29) is 28.9 Å². The van der Waals surface area contributed by atoms with Crippen LogP contribution in [-0.2, 0) is 7.05 Å². The molecule has 0 aliphatic rings. The van der Waals surface area contributed by atoms with Crippen molar-refractivity contribution in [1.82, 2.24) is 19.3 Å². The van der Waals surface area contributed by atoms with E-state index in [9.17, 15) is 14.9 Å². The number of benzene rings is 2. The lowest BCUT2D eigenvalue weighted by Gasteiger charge is -2.19. The molecule has 0 aliphatic carbocycles. The second-order valence-electron chi connectivity index (χ2n) is 7.06. The highest BCUT2D eigenvalue weighted by molar-refractivity contribution is 6.07. The van der Waals surface area contributed by atoms with Crippen molar-refractivity contribution in [3.63, 3.8) is 0 Å². The van der Waals surface area contributed by atoms with Gasteiger partial charge in [0.1, 0.15) is 5.69 Å². The highest BCUT2D eigenvalue weighted by Crippen LogP contribution is 2.31. The molecule has 0 saturated carbocycles. The Morgan fingerprint density at radius 1 is 1.13 bits per heavy atom. The molecule has 0 aliphatic heterocycles. The van der Waals surface area contributed by atoms with Crippen molar-refractivity contribution in [1.29, 1.82) is 0 Å². The Labute approximate surface area is 178 Å². The van der Waals surface area contributed by atoms with Crippen molar-refractivity contribution in [2.75, 3.05) is 5.32 Å². The highest BCUT2D eigenvalue weighted by Gasteiger charge is 2.22. The summed E-state index contributed by atoms with van der Waals surface area (Å²) >= 11 is 0. The first kappa shape index (κ1) is 20.0. The van der Waals surface area contributed by atoms with E-state index in [1.165, 1.54) is 12.3 Å². The number of carbonyl (C=O) groups is 1. The third kappa shape index (κ3) is 3.93. The van der Waals surface area contributed by atoms with Gasteiger partial charge in [0.05, 0.1) is 16.7 Å². The van der Waals surface area contributed by atoms with Crippen molar-refractivity contribution < 1.29 is 9.72 Å². The number of hydrogen-bond donors (Lipinski definition) is 1. The van der Waals surface area contributed by atoms with Gasteiger partial charge in [-0.25, -0.2) is 9.67 Å². The summed E-state index contributed by atoms with van der Waals surface area (Å²) in [4.78, 5) is 28.0. The molecule has 0 amide bonds. The number of para-hydroxylation sites is 1. The summed E-state index contributed by atoms with van der Waals surface area (Å²) in [5, 5.41) is 19.2. The lowest BCUT2D eigenvalue weighted by Crippen LogP contribution is -2.13. The summed E-state index contributed by atoms with van der Waals surface area (Å²) in [5.41, 5.74) is 2.15. The zero-order valence-electron chi connectivity index (χ0n) is 17.0. The van der Waals surface area contributed by atoms with Gasteiger partial charge in [-0.3, -0.25) is 14.9 Å². The average molecular weight is 416 g/mol. The van der Waals surface area contributed by atoms with Crippen LogP contribution in [0.1, 0.15) is 34.7 Å². The van der Waals surface area contributed by atoms with Gasteiger partial charge in [-0.15, -0.1) is 0 Å². The van der Waals surface area contributed by atoms with Gasteiger partial charge in [-0.2, -0.15) is 5.10 Å². The van der Waals surface area contributed by atoms with Gasteiger partial charge in [0.15, 0.2) is 5.82 Å². The van der Waals surface area contributed by atoms with Gasteiger partial charge in [0.25, 0.3) is 5.69 Å². The van der Waals surface area contributed by atoms with E-state index in [0.29, 0.717) is 5.69 Å². The lowest BCUT2D eigenvalue weighted by molar-refractivity contribution is -0.384. The van der Waals surface area contributed by atoms with Crippen LogP contribution in [0, 0.1) is 10.1 Å². The number of carbonyl (C=O) groups excluding carboxylic acids is 1. The molecular weight excluding hydrogens is 396 g/mol. The van der Waals surface area contributed by atoms with Crippen LogP contribution in [0.25, 0.3) is 5.69 Å². The van der Waals surface area contributed by atoms with Gasteiger partial charge < -0.3 is 9.88 Å². The number of rotatable bonds is 7. The summed E-state index contributed by atoms with van der Waals surface area (Å²) in [5.74, 6) is -0.157. The van der Waals surface area contributed by atoms with E-state index in [0.717, 1.165) is 11.3 Å². The molecule has 156 valence electrons. The van der Waals surface area contributed by atoms with Crippen LogP contribution in [0.5, 0.6) is 0 Å². The maximum atomic E-state index is 12.7. The molecular formula is C22H20N6O3. The van der Waals surface area contributed by atoms with Crippen LogP contribution in [0.4, 0.5) is 11.4 Å². The zero-order chi connectivity index (χ0) is 22.0. The maximum Gasteiger partial charge on any atom is 0.293 e. The molecule has 1 unspecified atom stereocenters. The van der Waals surface area contributed by atoms with E-state index in [4.69, 9.17) is 0 Å². The number of hydrogen-bond acceptors (Lipinski definition) is 6. The Hall–Kier alpha value is -4.27. The van der Waals surface area contributed by atoms with E-state index in [1.807, 2.05) is 43.5 Å². The Bertz CT molecular complexity index is 1250. The molecule has 9 heteroatoms. The van der Waals surface area contributed by atoms with Crippen molar-refractivity contribution in [3.8, 4) is 5.69 Å². The number of nitro benzene ring substituents is 1. The average Bonchev–Trinajstić information content (AvgIpc) is 3.45. The standard InChI is InChI=1S/C22H20N6O3/c1-15(17-6-3-4-7-19(17)27-12-5-10-24-27)25-18-9-8-16(14-20(18)28(30)31)21(29)22-23-11-13-26(22)2/h3-15,25H,1-2H3. The maximum absolute atomic E-state index is 12.7. The van der Waals surface area contributed by atoms with Crippen LogP contribution in [0.2, 0.25) is 0 Å². The predicted octanol–water partition coefficient (Wildman–Crippen LogP) is 3.92. The van der Waals surface area contributed by atoms with Crippen molar-refractivity contribution >= 4 is 17.2 Å². The number of anilines is 1. The fourth-order valence-corrected chi connectivity index (χ4v) is 3.44. The molecule has 31 heavy (non-hydrogen) atoms. The number of aromatic nitrogens is 4. The molecule has 1 atom stereocenters. The van der Waals surface area contributed by atoms with E-state index >= 15 is 0 Å². The fourth-order valence-electron chi connectivity index (χ4n) is 3.44. The van der Waals surface area contributed by atoms with Gasteiger partial charge in [0.2, 0.25) is 5.78 Å². The van der Waals surface area contributed by atoms with Crippen LogP contribution >= 0.6 is 0 Å². The zero-order valence-corrected chi connectivity index (χ0v) is 17.0. The number of ketones is 1. The second-order valence-corrected chi connectivity index (χ2v) is 7.06.